The van der Waals surface area contributed by atoms with Crippen molar-refractivity contribution < 1.29 is 23.7 Å². The first-order chi connectivity index (χ1) is 11.1. The highest BCUT2D eigenvalue weighted by Crippen LogP contribution is 2.38. The van der Waals surface area contributed by atoms with Crippen LogP contribution in [0.25, 0.3) is 0 Å². The van der Waals surface area contributed by atoms with Crippen LogP contribution < -0.4 is 14.2 Å². The summed E-state index contributed by atoms with van der Waals surface area (Å²) in [5, 5.41) is 0. The van der Waals surface area contributed by atoms with Crippen LogP contribution in [0.4, 0.5) is 0 Å². The second-order valence-corrected chi connectivity index (χ2v) is 4.74. The van der Waals surface area contributed by atoms with Gasteiger partial charge in [0.2, 0.25) is 5.75 Å². The van der Waals surface area contributed by atoms with Gasteiger partial charge in [0.25, 0.3) is 0 Å². The Morgan fingerprint density at radius 1 is 1.09 bits per heavy atom. The van der Waals surface area contributed by atoms with Gasteiger partial charge in [0.15, 0.2) is 17.3 Å². The SMILES string of the molecule is COCn1ccnc1CC(=O)c1cc(OC)c(OC)c(OC)c1. The Hall–Kier alpha value is -2.54. The number of hydrogen-bond donors (Lipinski definition) is 0. The Labute approximate surface area is 134 Å². The summed E-state index contributed by atoms with van der Waals surface area (Å²) < 4.78 is 22.6. The van der Waals surface area contributed by atoms with E-state index >= 15 is 0 Å². The van der Waals surface area contributed by atoms with Gasteiger partial charge in [-0.15, -0.1) is 0 Å². The molecule has 1 aromatic carbocycles. The van der Waals surface area contributed by atoms with Crippen LogP contribution in [0.3, 0.4) is 0 Å². The van der Waals surface area contributed by atoms with E-state index in [9.17, 15) is 4.79 Å². The van der Waals surface area contributed by atoms with Gasteiger partial charge in [0.1, 0.15) is 12.6 Å². The molecule has 2 aromatic rings. The first-order valence-corrected chi connectivity index (χ1v) is 6.96. The zero-order valence-corrected chi connectivity index (χ0v) is 13.7. The molecular formula is C16H20N2O5. The van der Waals surface area contributed by atoms with Crippen molar-refractivity contribution in [2.75, 3.05) is 28.4 Å². The number of benzene rings is 1. The summed E-state index contributed by atoms with van der Waals surface area (Å²) in [6.07, 6.45) is 3.55. The number of imidazole rings is 1. The predicted octanol–water partition coefficient (Wildman–Crippen LogP) is 1.94. The van der Waals surface area contributed by atoms with E-state index in [1.54, 1.807) is 36.2 Å². The smallest absolute Gasteiger partial charge is 0.203 e. The van der Waals surface area contributed by atoms with Crippen LogP contribution in [0.15, 0.2) is 24.5 Å². The normalized spacial score (nSPS) is 10.4. The molecule has 0 fully saturated rings. The Morgan fingerprint density at radius 2 is 1.74 bits per heavy atom. The average Bonchev–Trinajstić information content (AvgIpc) is 3.00. The lowest BCUT2D eigenvalue weighted by molar-refractivity contribution is 0.0979. The van der Waals surface area contributed by atoms with Crippen molar-refractivity contribution in [3.8, 4) is 17.2 Å². The molecule has 7 nitrogen and oxygen atoms in total. The van der Waals surface area contributed by atoms with E-state index in [1.807, 2.05) is 0 Å². The molecule has 0 aliphatic carbocycles. The maximum Gasteiger partial charge on any atom is 0.203 e. The molecule has 0 bridgehead atoms. The van der Waals surface area contributed by atoms with Crippen LogP contribution in [0.2, 0.25) is 0 Å². The fraction of sp³-hybridized carbons (Fsp3) is 0.375. The summed E-state index contributed by atoms with van der Waals surface area (Å²) in [6, 6.07) is 3.26. The molecule has 0 aliphatic rings. The zero-order chi connectivity index (χ0) is 16.8. The molecule has 0 aliphatic heterocycles. The molecule has 7 heteroatoms. The van der Waals surface area contributed by atoms with Crippen molar-refractivity contribution in [1.29, 1.82) is 0 Å². The van der Waals surface area contributed by atoms with E-state index in [1.165, 1.54) is 21.3 Å². The molecule has 1 heterocycles. The fourth-order valence-electron chi connectivity index (χ4n) is 2.25. The summed E-state index contributed by atoms with van der Waals surface area (Å²) >= 11 is 0. The van der Waals surface area contributed by atoms with Crippen molar-refractivity contribution in [1.82, 2.24) is 9.55 Å². The number of carbonyl (C=O) groups excluding carboxylic acids is 1. The lowest BCUT2D eigenvalue weighted by atomic mass is 10.1. The first-order valence-electron chi connectivity index (χ1n) is 6.96. The number of ether oxygens (including phenoxy) is 4. The van der Waals surface area contributed by atoms with E-state index in [-0.39, 0.29) is 12.2 Å². The third-order valence-corrected chi connectivity index (χ3v) is 3.38. The van der Waals surface area contributed by atoms with E-state index in [0.717, 1.165) is 0 Å². The minimum atomic E-state index is -0.104. The zero-order valence-electron chi connectivity index (χ0n) is 13.7. The molecule has 0 radical (unpaired) electrons. The molecule has 0 saturated carbocycles. The number of hydrogen-bond acceptors (Lipinski definition) is 6. The molecule has 0 unspecified atom stereocenters. The lowest BCUT2D eigenvalue weighted by Crippen LogP contribution is -2.11. The van der Waals surface area contributed by atoms with Crippen LogP contribution >= 0.6 is 0 Å². The third kappa shape index (κ3) is 3.62. The highest BCUT2D eigenvalue weighted by Gasteiger charge is 2.18. The van der Waals surface area contributed by atoms with Gasteiger partial charge in [-0.25, -0.2) is 4.98 Å². The fourth-order valence-corrected chi connectivity index (χ4v) is 2.25. The third-order valence-electron chi connectivity index (χ3n) is 3.38. The lowest BCUT2D eigenvalue weighted by Gasteiger charge is -2.13. The van der Waals surface area contributed by atoms with Crippen LogP contribution in [0, 0.1) is 0 Å². The number of rotatable bonds is 8. The second kappa shape index (κ2) is 7.64. The maximum atomic E-state index is 12.6. The molecule has 0 amide bonds. The van der Waals surface area contributed by atoms with E-state index in [4.69, 9.17) is 18.9 Å². The van der Waals surface area contributed by atoms with Crippen molar-refractivity contribution >= 4 is 5.78 Å². The molecule has 0 saturated heterocycles. The highest BCUT2D eigenvalue weighted by atomic mass is 16.5. The summed E-state index contributed by atoms with van der Waals surface area (Å²) in [5.41, 5.74) is 0.464. The van der Waals surface area contributed by atoms with Gasteiger partial charge < -0.3 is 23.5 Å². The number of ketones is 1. The van der Waals surface area contributed by atoms with Crippen molar-refractivity contribution in [2.45, 2.75) is 13.2 Å². The number of carbonyl (C=O) groups is 1. The summed E-state index contributed by atoms with van der Waals surface area (Å²) in [4.78, 5) is 16.8. The molecule has 0 spiro atoms. The first kappa shape index (κ1) is 16.8. The minimum Gasteiger partial charge on any atom is -0.493 e. The number of methoxy groups -OCH3 is 4. The predicted molar refractivity (Wildman–Crippen MR) is 83.4 cm³/mol. The number of aromatic nitrogens is 2. The van der Waals surface area contributed by atoms with Gasteiger partial charge in [-0.2, -0.15) is 0 Å². The summed E-state index contributed by atoms with van der Waals surface area (Å²) in [7, 11) is 6.13. The molecule has 2 rings (SSSR count). The Morgan fingerprint density at radius 3 is 2.26 bits per heavy atom. The number of nitrogens with zero attached hydrogens (tertiary/aromatic N) is 2. The summed E-state index contributed by atoms with van der Waals surface area (Å²) in [5.74, 6) is 1.86. The monoisotopic (exact) mass is 320 g/mol. The van der Waals surface area contributed by atoms with Crippen molar-refractivity contribution in [3.05, 3.63) is 35.9 Å². The Bertz CT molecular complexity index is 656. The Kier molecular flexibility index (Phi) is 5.59. The van der Waals surface area contributed by atoms with Gasteiger partial charge >= 0.3 is 0 Å². The molecule has 23 heavy (non-hydrogen) atoms. The standard InChI is InChI=1S/C16H20N2O5/c1-20-10-18-6-5-17-15(18)9-12(19)11-7-13(21-2)16(23-4)14(8-11)22-3/h5-8H,9-10H2,1-4H3. The van der Waals surface area contributed by atoms with Crippen LogP contribution in [0.5, 0.6) is 17.2 Å². The topological polar surface area (TPSA) is 71.8 Å². The molecule has 0 N–H and O–H groups in total. The minimum absolute atomic E-state index is 0.104. The Balaban J connectivity index is 2.30. The number of Topliss-reactive ketones (excluding diaryl/α,β-unsaturated/α-hetero) is 1. The molecule has 0 atom stereocenters. The van der Waals surface area contributed by atoms with E-state index in [0.29, 0.717) is 35.4 Å². The van der Waals surface area contributed by atoms with Crippen molar-refractivity contribution in [2.24, 2.45) is 0 Å². The van der Waals surface area contributed by atoms with Gasteiger partial charge in [-0.1, -0.05) is 0 Å². The molecular weight excluding hydrogens is 300 g/mol. The van der Waals surface area contributed by atoms with Crippen LogP contribution in [-0.2, 0) is 17.9 Å². The largest absolute Gasteiger partial charge is 0.493 e. The average molecular weight is 320 g/mol. The maximum absolute atomic E-state index is 12.6. The van der Waals surface area contributed by atoms with Gasteiger partial charge in [0.05, 0.1) is 27.8 Å². The quantitative estimate of drug-likeness (QED) is 0.692. The van der Waals surface area contributed by atoms with Crippen molar-refractivity contribution in [3.63, 3.8) is 0 Å². The van der Waals surface area contributed by atoms with Crippen LogP contribution in [0.1, 0.15) is 16.2 Å². The van der Waals surface area contributed by atoms with Crippen LogP contribution in [-0.4, -0.2) is 43.8 Å². The van der Waals surface area contributed by atoms with Gasteiger partial charge in [-0.05, 0) is 12.1 Å². The van der Waals surface area contributed by atoms with E-state index < -0.39 is 0 Å². The molecule has 124 valence electrons. The second-order valence-electron chi connectivity index (χ2n) is 4.74. The van der Waals surface area contributed by atoms with Gasteiger partial charge in [-0.3, -0.25) is 4.79 Å². The summed E-state index contributed by atoms with van der Waals surface area (Å²) in [6.45, 7) is 0.345. The van der Waals surface area contributed by atoms with Gasteiger partial charge in [0, 0.05) is 25.1 Å². The van der Waals surface area contributed by atoms with E-state index in [2.05, 4.69) is 4.98 Å². The molecule has 1 aromatic heterocycles. The highest BCUT2D eigenvalue weighted by molar-refractivity contribution is 5.98.